The highest BCUT2D eigenvalue weighted by Crippen LogP contribution is 2.09. The van der Waals surface area contributed by atoms with E-state index >= 15 is 0 Å². The Morgan fingerprint density at radius 3 is 1.08 bits per heavy atom. The Morgan fingerprint density at radius 1 is 0.423 bits per heavy atom. The average Bonchev–Trinajstić information content (AvgIpc) is 3.10. The second-order valence-electron chi connectivity index (χ2n) is 12.6. The summed E-state index contributed by atoms with van der Waals surface area (Å²) in [6, 6.07) is 0. The van der Waals surface area contributed by atoms with Crippen molar-refractivity contribution in [1.29, 1.82) is 0 Å². The van der Waals surface area contributed by atoms with Gasteiger partial charge in [-0.2, -0.15) is 0 Å². The molecule has 0 bridgehead atoms. The molecule has 0 saturated heterocycles. The van der Waals surface area contributed by atoms with Crippen LogP contribution in [0, 0.1) is 0 Å². The molecule has 310 valence electrons. The lowest BCUT2D eigenvalue weighted by atomic mass is 10.1. The highest BCUT2D eigenvalue weighted by Gasteiger charge is 2.15. The zero-order valence-electron chi connectivity index (χ0n) is 32.9. The third kappa shape index (κ3) is 44.5. The van der Waals surface area contributed by atoms with Crippen molar-refractivity contribution in [3.8, 4) is 0 Å². The fourth-order valence-electron chi connectivity index (χ4n) is 4.13. The summed E-state index contributed by atoms with van der Waals surface area (Å²) in [4.78, 5) is 23.2. The first kappa shape index (κ1) is 50.3. The summed E-state index contributed by atoms with van der Waals surface area (Å²) in [5, 5.41) is 2.63. The third-order valence-corrected chi connectivity index (χ3v) is 6.74. The predicted molar refractivity (Wildman–Crippen MR) is 196 cm³/mol. The van der Waals surface area contributed by atoms with Gasteiger partial charge in [-0.1, -0.05) is 45.4 Å². The molecule has 0 aliphatic rings. The van der Waals surface area contributed by atoms with Gasteiger partial charge in [0.2, 0.25) is 0 Å². The van der Waals surface area contributed by atoms with Crippen molar-refractivity contribution in [2.75, 3.05) is 145 Å². The van der Waals surface area contributed by atoms with Gasteiger partial charge in [-0.25, -0.2) is 4.79 Å². The fraction of sp³-hybridized carbons (Fsp3) is 0.946. The Hall–Kier alpha value is -1.66. The van der Waals surface area contributed by atoms with Crippen LogP contribution in [0.1, 0.15) is 79.1 Å². The molecular weight excluding hydrogens is 682 g/mol. The average molecular weight is 756 g/mol. The van der Waals surface area contributed by atoms with Gasteiger partial charge in [-0.15, -0.1) is 0 Å². The summed E-state index contributed by atoms with van der Waals surface area (Å²) in [5.74, 6) is -0.145. The highest BCUT2D eigenvalue weighted by molar-refractivity contribution is 5.69. The van der Waals surface area contributed by atoms with Gasteiger partial charge in [0, 0.05) is 13.0 Å². The van der Waals surface area contributed by atoms with Crippen LogP contribution in [-0.2, 0) is 61.6 Å². The van der Waals surface area contributed by atoms with Crippen LogP contribution in [0.5, 0.6) is 0 Å². The summed E-state index contributed by atoms with van der Waals surface area (Å²) in [5.41, 5.74) is -0.514. The number of carbonyl (C=O) groups excluding carboxylic acids is 2. The van der Waals surface area contributed by atoms with Crippen molar-refractivity contribution in [3.05, 3.63) is 0 Å². The van der Waals surface area contributed by atoms with Crippen molar-refractivity contribution in [1.82, 2.24) is 5.32 Å². The first-order chi connectivity index (χ1) is 25.3. The smallest absolute Gasteiger partial charge is 0.407 e. The van der Waals surface area contributed by atoms with Crippen LogP contribution >= 0.6 is 0 Å². The number of ether oxygens (including phenoxy) is 12. The summed E-state index contributed by atoms with van der Waals surface area (Å²) in [6.07, 6.45) is 8.31. The van der Waals surface area contributed by atoms with Gasteiger partial charge >= 0.3 is 12.1 Å². The van der Waals surface area contributed by atoms with Gasteiger partial charge in [-0.05, 0) is 27.2 Å². The van der Waals surface area contributed by atoms with Crippen molar-refractivity contribution >= 4 is 12.1 Å². The number of unbranched alkanes of at least 4 members (excludes halogenated alkanes) is 6. The molecule has 0 fully saturated rings. The van der Waals surface area contributed by atoms with Gasteiger partial charge in [-0.3, -0.25) is 4.79 Å². The number of hydrogen-bond donors (Lipinski definition) is 1. The van der Waals surface area contributed by atoms with Crippen LogP contribution in [0.3, 0.4) is 0 Å². The Morgan fingerprint density at radius 2 is 0.731 bits per heavy atom. The molecule has 0 aliphatic carbocycles. The van der Waals surface area contributed by atoms with E-state index in [0.717, 1.165) is 12.8 Å². The monoisotopic (exact) mass is 756 g/mol. The maximum absolute atomic E-state index is 11.7. The Bertz CT molecular complexity index is 756. The second-order valence-corrected chi connectivity index (χ2v) is 12.6. The van der Waals surface area contributed by atoms with E-state index < -0.39 is 11.7 Å². The minimum absolute atomic E-state index is 0.145. The number of esters is 1. The van der Waals surface area contributed by atoms with E-state index in [2.05, 4.69) is 12.2 Å². The van der Waals surface area contributed by atoms with Crippen LogP contribution in [0.25, 0.3) is 0 Å². The molecule has 1 amide bonds. The molecule has 0 spiro atoms. The van der Waals surface area contributed by atoms with E-state index in [1.807, 2.05) is 20.8 Å². The van der Waals surface area contributed by atoms with E-state index in [-0.39, 0.29) is 12.6 Å². The van der Waals surface area contributed by atoms with Gasteiger partial charge in [0.25, 0.3) is 0 Å². The Labute approximate surface area is 313 Å². The molecule has 0 atom stereocenters. The largest absolute Gasteiger partial charge is 0.463 e. The Balaban J connectivity index is 3.14. The number of alkyl carbamates (subject to hydrolysis) is 1. The topological polar surface area (TPSA) is 157 Å². The standard InChI is InChI=1S/C37H73NO14/c1-5-6-7-8-9-10-11-12-35(39)51-34-33-50-32-31-49-30-29-48-28-27-47-26-25-46-24-23-45-22-21-44-20-19-43-18-17-42-16-15-41-14-13-38-36(40)52-37(2,3)4/h5-34H2,1-4H3,(H,38,40). The van der Waals surface area contributed by atoms with Crippen molar-refractivity contribution < 1.29 is 66.4 Å². The number of rotatable bonds is 41. The summed E-state index contributed by atoms with van der Waals surface area (Å²) < 4.78 is 64.9. The maximum atomic E-state index is 11.7. The molecule has 15 heteroatoms. The van der Waals surface area contributed by atoms with E-state index in [4.69, 9.17) is 56.8 Å². The molecule has 0 saturated carbocycles. The predicted octanol–water partition coefficient (Wildman–Crippen LogP) is 4.36. The van der Waals surface area contributed by atoms with Crippen molar-refractivity contribution in [2.45, 2.75) is 84.7 Å². The number of hydrogen-bond acceptors (Lipinski definition) is 14. The molecular formula is C37H73NO14. The number of carbonyl (C=O) groups is 2. The summed E-state index contributed by atoms with van der Waals surface area (Å²) >= 11 is 0. The lowest BCUT2D eigenvalue weighted by Gasteiger charge is -2.19. The quantitative estimate of drug-likeness (QED) is 0.0694. The fourth-order valence-corrected chi connectivity index (χ4v) is 4.13. The summed E-state index contributed by atoms with van der Waals surface area (Å²) in [7, 11) is 0. The molecule has 1 N–H and O–H groups in total. The van der Waals surface area contributed by atoms with E-state index in [9.17, 15) is 9.59 Å². The lowest BCUT2D eigenvalue weighted by molar-refractivity contribution is -0.145. The molecule has 0 rings (SSSR count). The first-order valence-corrected chi connectivity index (χ1v) is 19.2. The van der Waals surface area contributed by atoms with Gasteiger partial charge in [0.05, 0.1) is 132 Å². The zero-order chi connectivity index (χ0) is 38.1. The van der Waals surface area contributed by atoms with Gasteiger partial charge in [0.15, 0.2) is 0 Å². The molecule has 0 radical (unpaired) electrons. The SMILES string of the molecule is CCCCCCCCCC(=O)OCCOCCOCCOCCOCCOCCOCCOCCOCCOCCOCCNC(=O)OC(C)(C)C. The summed E-state index contributed by atoms with van der Waals surface area (Å²) in [6.45, 7) is 17.7. The second kappa shape index (κ2) is 40.5. The molecule has 0 aromatic heterocycles. The van der Waals surface area contributed by atoms with E-state index in [1.165, 1.54) is 32.1 Å². The molecule has 15 nitrogen and oxygen atoms in total. The lowest BCUT2D eigenvalue weighted by Crippen LogP contribution is -2.34. The van der Waals surface area contributed by atoms with Crippen LogP contribution in [0.4, 0.5) is 4.79 Å². The third-order valence-electron chi connectivity index (χ3n) is 6.74. The molecule has 52 heavy (non-hydrogen) atoms. The van der Waals surface area contributed by atoms with Crippen LogP contribution in [0.2, 0.25) is 0 Å². The maximum Gasteiger partial charge on any atom is 0.407 e. The first-order valence-electron chi connectivity index (χ1n) is 19.2. The Kier molecular flexibility index (Phi) is 39.2. The van der Waals surface area contributed by atoms with Gasteiger partial charge < -0.3 is 62.2 Å². The highest BCUT2D eigenvalue weighted by atomic mass is 16.6. The van der Waals surface area contributed by atoms with Crippen LogP contribution in [-0.4, -0.2) is 163 Å². The van der Waals surface area contributed by atoms with Crippen molar-refractivity contribution in [3.63, 3.8) is 0 Å². The molecule has 0 aromatic rings. The molecule has 0 aliphatic heterocycles. The van der Waals surface area contributed by atoms with Crippen molar-refractivity contribution in [2.24, 2.45) is 0 Å². The number of nitrogens with one attached hydrogen (secondary N) is 1. The minimum Gasteiger partial charge on any atom is -0.463 e. The zero-order valence-corrected chi connectivity index (χ0v) is 32.9. The van der Waals surface area contributed by atoms with E-state index in [0.29, 0.717) is 145 Å². The normalized spacial score (nSPS) is 11.6. The van der Waals surface area contributed by atoms with Crippen LogP contribution < -0.4 is 5.32 Å². The van der Waals surface area contributed by atoms with Crippen LogP contribution in [0.15, 0.2) is 0 Å². The minimum atomic E-state index is -0.514. The molecule has 0 heterocycles. The molecule has 0 unspecified atom stereocenters. The van der Waals surface area contributed by atoms with E-state index in [1.54, 1.807) is 0 Å². The molecule has 0 aromatic carbocycles. The number of amides is 1. The van der Waals surface area contributed by atoms with Gasteiger partial charge in [0.1, 0.15) is 12.2 Å².